The number of aromatic nitrogens is 1. The Labute approximate surface area is 172 Å². The number of hydrogen-bond donors (Lipinski definition) is 2. The van der Waals surface area contributed by atoms with Gasteiger partial charge in [-0.05, 0) is 60.5 Å². The molecule has 2 aromatic carbocycles. The van der Waals surface area contributed by atoms with Crippen LogP contribution >= 0.6 is 11.6 Å². The predicted molar refractivity (Wildman–Crippen MR) is 110 cm³/mol. The minimum Gasteiger partial charge on any atom is -0.456 e. The molecule has 29 heavy (non-hydrogen) atoms. The van der Waals surface area contributed by atoms with Gasteiger partial charge >= 0.3 is 0 Å². The van der Waals surface area contributed by atoms with E-state index in [1.165, 1.54) is 6.20 Å². The van der Waals surface area contributed by atoms with E-state index in [-0.39, 0.29) is 23.6 Å². The predicted octanol–water partition coefficient (Wildman–Crippen LogP) is 4.73. The van der Waals surface area contributed by atoms with Crippen LogP contribution in [-0.2, 0) is 4.79 Å². The summed E-state index contributed by atoms with van der Waals surface area (Å²) in [5, 5.41) is 6.39. The van der Waals surface area contributed by atoms with Crippen molar-refractivity contribution in [3.8, 4) is 11.5 Å². The van der Waals surface area contributed by atoms with Crippen molar-refractivity contribution in [3.05, 3.63) is 83.1 Å². The lowest BCUT2D eigenvalue weighted by molar-refractivity contribution is -0.119. The maximum atomic E-state index is 12.5. The lowest BCUT2D eigenvalue weighted by Crippen LogP contribution is -2.18. The summed E-state index contributed by atoms with van der Waals surface area (Å²) in [5.41, 5.74) is 1.89. The highest BCUT2D eigenvalue weighted by Gasteiger charge is 2.22. The molecule has 1 aliphatic heterocycles. The largest absolute Gasteiger partial charge is 0.456 e. The number of pyridine rings is 1. The average molecular weight is 408 g/mol. The second-order valence-corrected chi connectivity index (χ2v) is 7.11. The van der Waals surface area contributed by atoms with Crippen LogP contribution in [0.25, 0.3) is 0 Å². The fourth-order valence-electron chi connectivity index (χ4n) is 3.11. The van der Waals surface area contributed by atoms with E-state index in [1.54, 1.807) is 42.5 Å². The van der Waals surface area contributed by atoms with Gasteiger partial charge in [0.15, 0.2) is 0 Å². The number of halogens is 1. The third-order valence-electron chi connectivity index (χ3n) is 4.56. The van der Waals surface area contributed by atoms with Crippen LogP contribution in [0.15, 0.2) is 66.9 Å². The molecule has 3 aromatic rings. The van der Waals surface area contributed by atoms with Gasteiger partial charge in [0, 0.05) is 17.1 Å². The molecule has 7 heteroatoms. The highest BCUT2D eigenvalue weighted by atomic mass is 35.5. The van der Waals surface area contributed by atoms with E-state index in [4.69, 9.17) is 16.3 Å². The molecule has 6 nitrogen and oxygen atoms in total. The molecule has 146 valence electrons. The molecule has 2 N–H and O–H groups in total. The van der Waals surface area contributed by atoms with Gasteiger partial charge in [-0.3, -0.25) is 9.59 Å². The first-order valence-electron chi connectivity index (χ1n) is 9.17. The van der Waals surface area contributed by atoms with Crippen molar-refractivity contribution in [2.45, 2.75) is 18.9 Å². The van der Waals surface area contributed by atoms with Crippen LogP contribution in [0.1, 0.15) is 34.9 Å². The zero-order chi connectivity index (χ0) is 20.2. The summed E-state index contributed by atoms with van der Waals surface area (Å²) >= 11 is 5.86. The normalized spacial score (nSPS) is 15.6. The van der Waals surface area contributed by atoms with Crippen molar-refractivity contribution in [2.24, 2.45) is 0 Å². The SMILES string of the molecule is O=C1CCC(c2cccc(NC(=O)c3ccc(Oc4ccc(Cl)cc4)cn3)c2)N1. The average Bonchev–Trinajstić information content (AvgIpc) is 3.17. The topological polar surface area (TPSA) is 80.3 Å². The van der Waals surface area contributed by atoms with E-state index in [2.05, 4.69) is 15.6 Å². The smallest absolute Gasteiger partial charge is 0.274 e. The van der Waals surface area contributed by atoms with E-state index in [0.29, 0.717) is 28.6 Å². The molecule has 0 radical (unpaired) electrons. The number of rotatable bonds is 5. The summed E-state index contributed by atoms with van der Waals surface area (Å²) in [6, 6.07) is 17.7. The fraction of sp³-hybridized carbons (Fsp3) is 0.136. The molecule has 1 unspecified atom stereocenters. The summed E-state index contributed by atoms with van der Waals surface area (Å²) in [6.45, 7) is 0. The van der Waals surface area contributed by atoms with E-state index >= 15 is 0 Å². The molecular formula is C22H18ClN3O3. The summed E-state index contributed by atoms with van der Waals surface area (Å²) in [4.78, 5) is 28.1. The van der Waals surface area contributed by atoms with Crippen molar-refractivity contribution in [3.63, 3.8) is 0 Å². The van der Waals surface area contributed by atoms with Crippen LogP contribution < -0.4 is 15.4 Å². The maximum absolute atomic E-state index is 12.5. The van der Waals surface area contributed by atoms with Gasteiger partial charge in [0.2, 0.25) is 5.91 Å². The molecule has 1 aromatic heterocycles. The molecule has 1 saturated heterocycles. The Morgan fingerprint density at radius 1 is 1.10 bits per heavy atom. The number of carbonyl (C=O) groups excluding carboxylic acids is 2. The van der Waals surface area contributed by atoms with Gasteiger partial charge < -0.3 is 15.4 Å². The number of benzene rings is 2. The molecule has 0 saturated carbocycles. The van der Waals surface area contributed by atoms with Gasteiger partial charge in [-0.25, -0.2) is 4.98 Å². The van der Waals surface area contributed by atoms with E-state index < -0.39 is 0 Å². The van der Waals surface area contributed by atoms with Crippen LogP contribution in [0.3, 0.4) is 0 Å². The zero-order valence-corrected chi connectivity index (χ0v) is 16.1. The van der Waals surface area contributed by atoms with E-state index in [1.807, 2.05) is 18.2 Å². The second kappa shape index (κ2) is 8.32. The number of nitrogens with zero attached hydrogens (tertiary/aromatic N) is 1. The third kappa shape index (κ3) is 4.73. The number of anilines is 1. The van der Waals surface area contributed by atoms with Crippen LogP contribution in [0.4, 0.5) is 5.69 Å². The third-order valence-corrected chi connectivity index (χ3v) is 4.81. The zero-order valence-electron chi connectivity index (χ0n) is 15.4. The molecule has 1 aliphatic rings. The quantitative estimate of drug-likeness (QED) is 0.640. The number of nitrogens with one attached hydrogen (secondary N) is 2. The Balaban J connectivity index is 1.41. The van der Waals surface area contributed by atoms with Gasteiger partial charge in [0.05, 0.1) is 12.2 Å². The molecule has 4 rings (SSSR count). The lowest BCUT2D eigenvalue weighted by atomic mass is 10.0. The standard InChI is InChI=1S/C22H18ClN3O3/c23-15-4-6-17(7-5-15)29-18-8-9-20(24-13-18)22(28)25-16-3-1-2-14(12-16)19-10-11-21(27)26-19/h1-9,12-13,19H,10-11H2,(H,25,28)(H,26,27). The van der Waals surface area contributed by atoms with E-state index in [9.17, 15) is 9.59 Å². The van der Waals surface area contributed by atoms with Gasteiger partial charge in [0.25, 0.3) is 5.91 Å². The van der Waals surface area contributed by atoms with Gasteiger partial charge in [-0.1, -0.05) is 23.7 Å². The second-order valence-electron chi connectivity index (χ2n) is 6.67. The highest BCUT2D eigenvalue weighted by Crippen LogP contribution is 2.26. The molecule has 1 atom stereocenters. The minimum absolute atomic E-state index is 0.0122. The maximum Gasteiger partial charge on any atom is 0.274 e. The summed E-state index contributed by atoms with van der Waals surface area (Å²) in [6.07, 6.45) is 2.77. The van der Waals surface area contributed by atoms with Gasteiger partial charge in [-0.2, -0.15) is 0 Å². The van der Waals surface area contributed by atoms with Gasteiger partial charge in [0.1, 0.15) is 17.2 Å². The molecular weight excluding hydrogens is 390 g/mol. The number of hydrogen-bond acceptors (Lipinski definition) is 4. The Morgan fingerprint density at radius 2 is 1.90 bits per heavy atom. The molecule has 2 amide bonds. The van der Waals surface area contributed by atoms with Crippen molar-refractivity contribution in [2.75, 3.05) is 5.32 Å². The number of ether oxygens (including phenoxy) is 1. The van der Waals surface area contributed by atoms with Crippen LogP contribution in [-0.4, -0.2) is 16.8 Å². The Kier molecular flexibility index (Phi) is 5.44. The molecule has 0 aliphatic carbocycles. The first-order chi connectivity index (χ1) is 14.1. The Hall–Kier alpha value is -3.38. The molecule has 0 spiro atoms. The molecule has 2 heterocycles. The van der Waals surface area contributed by atoms with Crippen LogP contribution in [0.5, 0.6) is 11.5 Å². The molecule has 1 fully saturated rings. The van der Waals surface area contributed by atoms with Gasteiger partial charge in [-0.15, -0.1) is 0 Å². The number of amides is 2. The summed E-state index contributed by atoms with van der Waals surface area (Å²) < 4.78 is 5.68. The Morgan fingerprint density at radius 3 is 2.59 bits per heavy atom. The van der Waals surface area contributed by atoms with Crippen molar-refractivity contribution >= 4 is 29.1 Å². The Bertz CT molecular complexity index is 1040. The van der Waals surface area contributed by atoms with Crippen LogP contribution in [0, 0.1) is 0 Å². The van der Waals surface area contributed by atoms with Crippen molar-refractivity contribution < 1.29 is 14.3 Å². The monoisotopic (exact) mass is 407 g/mol. The number of carbonyl (C=O) groups is 2. The van der Waals surface area contributed by atoms with E-state index in [0.717, 1.165) is 12.0 Å². The summed E-state index contributed by atoms with van der Waals surface area (Å²) in [7, 11) is 0. The first-order valence-corrected chi connectivity index (χ1v) is 9.55. The lowest BCUT2D eigenvalue weighted by Gasteiger charge is -2.12. The van der Waals surface area contributed by atoms with Crippen molar-refractivity contribution in [1.29, 1.82) is 0 Å². The van der Waals surface area contributed by atoms with Crippen LogP contribution in [0.2, 0.25) is 5.02 Å². The summed E-state index contributed by atoms with van der Waals surface area (Å²) in [5.74, 6) is 0.872. The minimum atomic E-state index is -0.323. The first kappa shape index (κ1) is 19.0. The molecule has 0 bridgehead atoms. The fourth-order valence-corrected chi connectivity index (χ4v) is 3.23. The van der Waals surface area contributed by atoms with Crippen molar-refractivity contribution in [1.82, 2.24) is 10.3 Å². The highest BCUT2D eigenvalue weighted by molar-refractivity contribution is 6.30.